The Morgan fingerprint density at radius 2 is 1.95 bits per heavy atom. The van der Waals surface area contributed by atoms with E-state index in [1.54, 1.807) is 0 Å². The van der Waals surface area contributed by atoms with E-state index < -0.39 is 28.9 Å². The maximum Gasteiger partial charge on any atom is 0.387 e. The van der Waals surface area contributed by atoms with Crippen LogP contribution in [0.5, 0.6) is 17.2 Å². The van der Waals surface area contributed by atoms with Gasteiger partial charge in [-0.05, 0) is 0 Å². The van der Waals surface area contributed by atoms with E-state index >= 15 is 0 Å². The van der Waals surface area contributed by atoms with Gasteiger partial charge < -0.3 is 19.5 Å². The lowest BCUT2D eigenvalue weighted by Crippen LogP contribution is -2.12. The summed E-state index contributed by atoms with van der Waals surface area (Å²) in [6, 6.07) is 1.08. The van der Waals surface area contributed by atoms with Crippen LogP contribution in [0.1, 0.15) is 6.92 Å². The van der Waals surface area contributed by atoms with E-state index in [0.717, 1.165) is 20.1 Å². The fourth-order valence-electron chi connectivity index (χ4n) is 1.62. The largest absolute Gasteiger partial charge is 0.493 e. The molecule has 21 heavy (non-hydrogen) atoms. The summed E-state index contributed by atoms with van der Waals surface area (Å²) in [5.74, 6) is -1.95. The Morgan fingerprint density at radius 1 is 1.33 bits per heavy atom. The molecular weight excluding hydrogens is 294 g/mol. The maximum atomic E-state index is 12.5. The third kappa shape index (κ3) is 3.68. The van der Waals surface area contributed by atoms with Crippen molar-refractivity contribution in [3.8, 4) is 17.2 Å². The number of hydrogen-bond donors (Lipinski definition) is 1. The van der Waals surface area contributed by atoms with Gasteiger partial charge in [-0.2, -0.15) is 8.78 Å². The predicted octanol–water partition coefficient (Wildman–Crippen LogP) is 2.17. The number of nitrogens with zero attached hydrogens (tertiary/aromatic N) is 1. The molecule has 0 saturated carbocycles. The number of anilines is 1. The van der Waals surface area contributed by atoms with Gasteiger partial charge in [-0.3, -0.25) is 14.9 Å². The van der Waals surface area contributed by atoms with Gasteiger partial charge in [-0.1, -0.05) is 0 Å². The first-order valence-electron chi connectivity index (χ1n) is 5.47. The first-order valence-corrected chi connectivity index (χ1v) is 5.47. The molecule has 0 saturated heterocycles. The molecule has 0 spiro atoms. The van der Waals surface area contributed by atoms with Crippen LogP contribution in [0.25, 0.3) is 0 Å². The number of halogens is 2. The first kappa shape index (κ1) is 16.4. The van der Waals surface area contributed by atoms with E-state index in [4.69, 9.17) is 9.47 Å². The highest BCUT2D eigenvalue weighted by molar-refractivity contribution is 5.93. The lowest BCUT2D eigenvalue weighted by Gasteiger charge is -2.16. The zero-order valence-corrected chi connectivity index (χ0v) is 11.3. The number of hydrogen-bond acceptors (Lipinski definition) is 6. The molecule has 1 N–H and O–H groups in total. The van der Waals surface area contributed by atoms with Gasteiger partial charge in [0, 0.05) is 13.0 Å². The molecule has 1 rings (SSSR count). The molecule has 0 atom stereocenters. The van der Waals surface area contributed by atoms with Crippen molar-refractivity contribution in [1.29, 1.82) is 0 Å². The fraction of sp³-hybridized carbons (Fsp3) is 0.364. The average Bonchev–Trinajstić information content (AvgIpc) is 2.36. The van der Waals surface area contributed by atoms with E-state index in [0.29, 0.717) is 0 Å². The molecular formula is C11H12F2N2O6. The molecule has 0 aromatic heterocycles. The van der Waals surface area contributed by atoms with Crippen LogP contribution >= 0.6 is 0 Å². The molecule has 0 bridgehead atoms. The number of carbonyl (C=O) groups excluding carboxylic acids is 1. The highest BCUT2D eigenvalue weighted by Gasteiger charge is 2.32. The molecule has 0 aliphatic carbocycles. The Morgan fingerprint density at radius 3 is 2.33 bits per heavy atom. The molecule has 0 aliphatic heterocycles. The number of rotatable bonds is 6. The van der Waals surface area contributed by atoms with Gasteiger partial charge in [0.25, 0.3) is 5.75 Å². The summed E-state index contributed by atoms with van der Waals surface area (Å²) in [5, 5.41) is 13.3. The number of nitro benzene ring substituents is 1. The Balaban J connectivity index is 3.65. The van der Waals surface area contributed by atoms with Crippen molar-refractivity contribution in [2.45, 2.75) is 13.5 Å². The van der Waals surface area contributed by atoms with Gasteiger partial charge in [-0.15, -0.1) is 0 Å². The molecule has 116 valence electrons. The van der Waals surface area contributed by atoms with Crippen LogP contribution < -0.4 is 19.5 Å². The van der Waals surface area contributed by atoms with Gasteiger partial charge >= 0.3 is 12.3 Å². The molecule has 0 unspecified atom stereocenters. The number of carbonyl (C=O) groups is 1. The summed E-state index contributed by atoms with van der Waals surface area (Å²) in [5.41, 5.74) is -1.20. The van der Waals surface area contributed by atoms with Gasteiger partial charge in [0.05, 0.1) is 19.1 Å². The Hall–Kier alpha value is -2.65. The molecule has 1 aromatic rings. The average molecular weight is 306 g/mol. The van der Waals surface area contributed by atoms with Crippen molar-refractivity contribution < 1.29 is 32.7 Å². The van der Waals surface area contributed by atoms with Crippen LogP contribution in [-0.2, 0) is 4.79 Å². The van der Waals surface area contributed by atoms with Crippen molar-refractivity contribution in [2.75, 3.05) is 19.5 Å². The summed E-state index contributed by atoms with van der Waals surface area (Å²) >= 11 is 0. The molecule has 0 radical (unpaired) electrons. The smallest absolute Gasteiger partial charge is 0.387 e. The number of benzene rings is 1. The van der Waals surface area contributed by atoms with Crippen LogP contribution in [-0.4, -0.2) is 31.7 Å². The van der Waals surface area contributed by atoms with E-state index in [1.165, 1.54) is 7.11 Å². The summed E-state index contributed by atoms with van der Waals surface area (Å²) in [7, 11) is 2.31. The second-order valence-corrected chi connectivity index (χ2v) is 3.65. The zero-order valence-electron chi connectivity index (χ0n) is 11.3. The fourth-order valence-corrected chi connectivity index (χ4v) is 1.62. The predicted molar refractivity (Wildman–Crippen MR) is 67.1 cm³/mol. The van der Waals surface area contributed by atoms with Crippen molar-refractivity contribution in [2.24, 2.45) is 0 Å². The summed E-state index contributed by atoms with van der Waals surface area (Å²) in [6.07, 6.45) is 0. The van der Waals surface area contributed by atoms with E-state index in [-0.39, 0.29) is 17.2 Å². The lowest BCUT2D eigenvalue weighted by atomic mass is 10.2. The zero-order chi connectivity index (χ0) is 16.2. The highest BCUT2D eigenvalue weighted by atomic mass is 19.3. The van der Waals surface area contributed by atoms with Crippen molar-refractivity contribution >= 4 is 17.3 Å². The minimum Gasteiger partial charge on any atom is -0.493 e. The normalized spacial score (nSPS) is 10.2. The summed E-state index contributed by atoms with van der Waals surface area (Å²) in [6.45, 7) is -2.22. The summed E-state index contributed by atoms with van der Waals surface area (Å²) < 4.78 is 38.8. The number of methoxy groups -OCH3 is 2. The second-order valence-electron chi connectivity index (χ2n) is 3.65. The van der Waals surface area contributed by atoms with Gasteiger partial charge in [0.15, 0.2) is 5.75 Å². The number of nitrogens with one attached hydrogen (secondary N) is 1. The number of alkyl halides is 2. The van der Waals surface area contributed by atoms with Gasteiger partial charge in [0.1, 0.15) is 5.69 Å². The van der Waals surface area contributed by atoms with E-state index in [9.17, 15) is 23.7 Å². The van der Waals surface area contributed by atoms with Gasteiger partial charge in [0.2, 0.25) is 11.7 Å². The molecule has 0 fully saturated rings. The lowest BCUT2D eigenvalue weighted by molar-refractivity contribution is -0.385. The number of amides is 1. The number of nitro groups is 1. The van der Waals surface area contributed by atoms with Gasteiger partial charge in [-0.25, -0.2) is 0 Å². The van der Waals surface area contributed by atoms with Crippen LogP contribution in [0.15, 0.2) is 6.07 Å². The summed E-state index contributed by atoms with van der Waals surface area (Å²) in [4.78, 5) is 21.2. The van der Waals surface area contributed by atoms with E-state index in [2.05, 4.69) is 10.1 Å². The molecule has 10 heteroatoms. The molecule has 1 aromatic carbocycles. The SMILES string of the molecule is COc1cc(NC(C)=O)c([N+](=O)[O-])c(OC(F)F)c1OC. The second kappa shape index (κ2) is 6.68. The number of ether oxygens (including phenoxy) is 3. The van der Waals surface area contributed by atoms with Crippen LogP contribution in [0.2, 0.25) is 0 Å². The molecule has 0 aliphatic rings. The van der Waals surface area contributed by atoms with E-state index in [1.807, 2.05) is 0 Å². The quantitative estimate of drug-likeness (QED) is 0.638. The monoisotopic (exact) mass is 306 g/mol. The van der Waals surface area contributed by atoms with Crippen LogP contribution in [0.3, 0.4) is 0 Å². The van der Waals surface area contributed by atoms with Crippen LogP contribution in [0, 0.1) is 10.1 Å². The minimum atomic E-state index is -3.32. The molecule has 8 nitrogen and oxygen atoms in total. The first-order chi connectivity index (χ1) is 9.81. The molecule has 0 heterocycles. The Bertz CT molecular complexity index is 564. The Kier molecular flexibility index (Phi) is 5.22. The maximum absolute atomic E-state index is 12.5. The minimum absolute atomic E-state index is 0.109. The third-order valence-corrected chi connectivity index (χ3v) is 2.30. The van der Waals surface area contributed by atoms with Crippen molar-refractivity contribution in [1.82, 2.24) is 0 Å². The third-order valence-electron chi connectivity index (χ3n) is 2.30. The van der Waals surface area contributed by atoms with Crippen molar-refractivity contribution in [3.63, 3.8) is 0 Å². The van der Waals surface area contributed by atoms with Crippen molar-refractivity contribution in [3.05, 3.63) is 16.2 Å². The highest BCUT2D eigenvalue weighted by Crippen LogP contribution is 2.49. The standard InChI is InChI=1S/C11H12F2N2O6/c1-5(16)14-6-4-7(19-2)9(20-3)10(21-11(12)13)8(6)15(17)18/h4,11H,1-3H3,(H,14,16). The Labute approximate surface area is 117 Å². The van der Waals surface area contributed by atoms with Crippen LogP contribution in [0.4, 0.5) is 20.2 Å². The molecule has 1 amide bonds. The topological polar surface area (TPSA) is 99.9 Å².